The van der Waals surface area contributed by atoms with Crippen LogP contribution in [0.4, 0.5) is 5.69 Å². The van der Waals surface area contributed by atoms with Crippen LogP contribution >= 0.6 is 11.6 Å². The zero-order chi connectivity index (χ0) is 15.0. The van der Waals surface area contributed by atoms with E-state index in [1.165, 1.54) is 17.3 Å². The van der Waals surface area contributed by atoms with Crippen LogP contribution in [-0.2, 0) is 9.59 Å². The normalized spacial score (nSPS) is 20.0. The summed E-state index contributed by atoms with van der Waals surface area (Å²) in [5, 5.41) is 16.0. The maximum absolute atomic E-state index is 12.1. The van der Waals surface area contributed by atoms with E-state index in [1.54, 1.807) is 18.2 Å². The first-order valence-electron chi connectivity index (χ1n) is 6.25. The predicted octanol–water partition coefficient (Wildman–Crippen LogP) is 1.58. The zero-order valence-corrected chi connectivity index (χ0v) is 11.5. The van der Waals surface area contributed by atoms with Crippen molar-refractivity contribution in [3.63, 3.8) is 0 Å². The van der Waals surface area contributed by atoms with E-state index in [0.717, 1.165) is 0 Å². The van der Waals surface area contributed by atoms with Crippen molar-refractivity contribution in [1.82, 2.24) is 14.8 Å². The lowest BCUT2D eigenvalue weighted by Crippen LogP contribution is -2.18. The molecule has 0 bridgehead atoms. The first-order valence-corrected chi connectivity index (χ1v) is 6.63. The first kappa shape index (κ1) is 13.6. The monoisotopic (exact) mass is 306 g/mol. The number of carboxylic acid groups (broad SMARTS) is 1. The summed E-state index contributed by atoms with van der Waals surface area (Å²) in [6, 6.07) is 5.05. The molecule has 1 heterocycles. The van der Waals surface area contributed by atoms with Gasteiger partial charge in [0.15, 0.2) is 0 Å². The number of nitrogens with zero attached hydrogens (tertiary/aromatic N) is 3. The third-order valence-corrected chi connectivity index (χ3v) is 3.64. The summed E-state index contributed by atoms with van der Waals surface area (Å²) < 4.78 is 1.44. The summed E-state index contributed by atoms with van der Waals surface area (Å²) in [6.07, 6.45) is 3.19. The van der Waals surface area contributed by atoms with Gasteiger partial charge >= 0.3 is 5.97 Å². The molecule has 21 heavy (non-hydrogen) atoms. The van der Waals surface area contributed by atoms with Crippen LogP contribution in [0.15, 0.2) is 30.9 Å². The average Bonchev–Trinajstić information content (AvgIpc) is 3.08. The Kier molecular flexibility index (Phi) is 3.34. The largest absolute Gasteiger partial charge is 0.481 e. The number of carboxylic acids is 1. The second-order valence-corrected chi connectivity index (χ2v) is 5.16. The van der Waals surface area contributed by atoms with Gasteiger partial charge < -0.3 is 10.4 Å². The van der Waals surface area contributed by atoms with Gasteiger partial charge in [-0.1, -0.05) is 17.7 Å². The lowest BCUT2D eigenvalue weighted by Gasteiger charge is -2.12. The van der Waals surface area contributed by atoms with Gasteiger partial charge in [0.2, 0.25) is 5.91 Å². The molecule has 1 aliphatic rings. The molecule has 1 aromatic carbocycles. The molecule has 1 amide bonds. The highest BCUT2D eigenvalue weighted by molar-refractivity contribution is 6.33. The van der Waals surface area contributed by atoms with Crippen molar-refractivity contribution in [2.75, 3.05) is 5.32 Å². The molecule has 1 saturated carbocycles. The Bertz CT molecular complexity index is 701. The number of rotatable bonds is 4. The van der Waals surface area contributed by atoms with Crippen LogP contribution in [0.1, 0.15) is 6.42 Å². The summed E-state index contributed by atoms with van der Waals surface area (Å²) >= 11 is 6.14. The van der Waals surface area contributed by atoms with E-state index < -0.39 is 17.8 Å². The van der Waals surface area contributed by atoms with Crippen molar-refractivity contribution < 1.29 is 14.7 Å². The number of aliphatic carboxylic acids is 1. The molecule has 3 rings (SSSR count). The Labute approximate surface area is 124 Å². The minimum atomic E-state index is -0.947. The summed E-state index contributed by atoms with van der Waals surface area (Å²) in [6.45, 7) is 0. The fourth-order valence-corrected chi connectivity index (χ4v) is 2.42. The van der Waals surface area contributed by atoms with Gasteiger partial charge in [0.25, 0.3) is 0 Å². The number of benzene rings is 1. The molecule has 1 fully saturated rings. The molecule has 108 valence electrons. The molecule has 2 aromatic rings. The minimum Gasteiger partial charge on any atom is -0.481 e. The number of amides is 1. The molecular weight excluding hydrogens is 296 g/mol. The van der Waals surface area contributed by atoms with Crippen molar-refractivity contribution in [1.29, 1.82) is 0 Å². The molecule has 8 heteroatoms. The lowest BCUT2D eigenvalue weighted by molar-refractivity contribution is -0.139. The molecule has 2 N–H and O–H groups in total. The molecule has 7 nitrogen and oxygen atoms in total. The summed E-state index contributed by atoms with van der Waals surface area (Å²) in [7, 11) is 0. The maximum atomic E-state index is 12.1. The number of hydrogen-bond acceptors (Lipinski definition) is 4. The summed E-state index contributed by atoms with van der Waals surface area (Å²) in [5.41, 5.74) is 0.964. The van der Waals surface area contributed by atoms with E-state index in [9.17, 15) is 9.59 Å². The minimum absolute atomic E-state index is 0.328. The number of anilines is 1. The molecule has 0 aliphatic heterocycles. The third-order valence-electron chi connectivity index (χ3n) is 3.34. The third kappa shape index (κ3) is 2.59. The highest BCUT2D eigenvalue weighted by Crippen LogP contribution is 2.40. The molecule has 1 aliphatic carbocycles. The van der Waals surface area contributed by atoms with Gasteiger partial charge in [-0.25, -0.2) is 9.67 Å². The van der Waals surface area contributed by atoms with Crippen LogP contribution < -0.4 is 5.32 Å². The number of halogens is 1. The van der Waals surface area contributed by atoms with E-state index in [1.807, 2.05) is 0 Å². The molecule has 2 atom stereocenters. The Morgan fingerprint density at radius 2 is 2.19 bits per heavy atom. The highest BCUT2D eigenvalue weighted by Gasteiger charge is 2.48. The number of aromatic nitrogens is 3. The van der Waals surface area contributed by atoms with Gasteiger partial charge in [-0.2, -0.15) is 5.10 Å². The van der Waals surface area contributed by atoms with Crippen LogP contribution in [0, 0.1) is 11.8 Å². The SMILES string of the molecule is O=C(O)[C@H]1C[C@H]1C(=O)Nc1cccc(Cl)c1-n1cncn1. The molecule has 0 radical (unpaired) electrons. The maximum Gasteiger partial charge on any atom is 0.307 e. The highest BCUT2D eigenvalue weighted by atomic mass is 35.5. The van der Waals surface area contributed by atoms with E-state index in [4.69, 9.17) is 16.7 Å². The predicted molar refractivity (Wildman–Crippen MR) is 74.2 cm³/mol. The van der Waals surface area contributed by atoms with Crippen molar-refractivity contribution in [2.45, 2.75) is 6.42 Å². The smallest absolute Gasteiger partial charge is 0.307 e. The fourth-order valence-electron chi connectivity index (χ4n) is 2.16. The Hall–Kier alpha value is -2.41. The summed E-state index contributed by atoms with van der Waals surface area (Å²) in [4.78, 5) is 26.7. The van der Waals surface area contributed by atoms with Gasteiger partial charge in [0.05, 0.1) is 22.5 Å². The van der Waals surface area contributed by atoms with Crippen LogP contribution in [0.3, 0.4) is 0 Å². The molecule has 1 aromatic heterocycles. The average molecular weight is 307 g/mol. The van der Waals surface area contributed by atoms with Gasteiger partial charge in [-0.3, -0.25) is 9.59 Å². The number of carbonyl (C=O) groups is 2. The van der Waals surface area contributed by atoms with Crippen molar-refractivity contribution >= 4 is 29.2 Å². The molecule has 0 spiro atoms. The Morgan fingerprint density at radius 3 is 2.81 bits per heavy atom. The van der Waals surface area contributed by atoms with Gasteiger partial charge in [0, 0.05) is 0 Å². The van der Waals surface area contributed by atoms with E-state index in [2.05, 4.69) is 15.4 Å². The quantitative estimate of drug-likeness (QED) is 0.894. The second kappa shape index (κ2) is 5.17. The first-order chi connectivity index (χ1) is 10.1. The Balaban J connectivity index is 1.85. The molecule has 0 saturated heterocycles. The lowest BCUT2D eigenvalue weighted by atomic mass is 10.2. The van der Waals surface area contributed by atoms with Crippen LogP contribution in [0.5, 0.6) is 0 Å². The van der Waals surface area contributed by atoms with Gasteiger partial charge in [0.1, 0.15) is 18.3 Å². The molecule has 0 unspecified atom stereocenters. The topological polar surface area (TPSA) is 97.1 Å². The van der Waals surface area contributed by atoms with Crippen LogP contribution in [0.25, 0.3) is 5.69 Å². The van der Waals surface area contributed by atoms with Crippen LogP contribution in [-0.4, -0.2) is 31.7 Å². The number of para-hydroxylation sites is 1. The number of hydrogen-bond donors (Lipinski definition) is 2. The van der Waals surface area contributed by atoms with Crippen molar-refractivity contribution in [3.05, 3.63) is 35.9 Å². The van der Waals surface area contributed by atoms with E-state index in [-0.39, 0.29) is 5.91 Å². The molecular formula is C13H11ClN4O3. The van der Waals surface area contributed by atoms with Gasteiger partial charge in [-0.15, -0.1) is 0 Å². The number of carbonyl (C=O) groups excluding carboxylic acids is 1. The fraction of sp³-hybridized carbons (Fsp3) is 0.231. The Morgan fingerprint density at radius 1 is 1.38 bits per heavy atom. The van der Waals surface area contributed by atoms with Crippen molar-refractivity contribution in [3.8, 4) is 5.69 Å². The number of nitrogens with one attached hydrogen (secondary N) is 1. The van der Waals surface area contributed by atoms with E-state index in [0.29, 0.717) is 22.8 Å². The van der Waals surface area contributed by atoms with Gasteiger partial charge in [-0.05, 0) is 18.6 Å². The zero-order valence-electron chi connectivity index (χ0n) is 10.7. The van der Waals surface area contributed by atoms with E-state index >= 15 is 0 Å². The summed E-state index contributed by atoms with van der Waals surface area (Å²) in [5.74, 6) is -2.37. The van der Waals surface area contributed by atoms with Crippen LogP contribution in [0.2, 0.25) is 5.02 Å². The second-order valence-electron chi connectivity index (χ2n) is 4.75. The van der Waals surface area contributed by atoms with Crippen molar-refractivity contribution in [2.24, 2.45) is 11.8 Å². The standard InChI is InChI=1S/C13H11ClN4O3/c14-9-2-1-3-10(11(9)18-6-15-5-16-18)17-12(19)7-4-8(7)13(20)21/h1-3,5-8H,4H2,(H,17,19)(H,20,21)/t7-,8+/m1/s1.